The Balaban J connectivity index is 1.54. The Morgan fingerprint density at radius 2 is 2.32 bits per heavy atom. The number of thiophene rings is 1. The standard InChI is InChI=1S/C13H18BrN3OS/c14-12-9(4-6-19-12)7-15-13(18)17-5-3-10-1-2-11(8-17)16-10/h4,6,10-11,16H,1-3,5,7-8H2,(H,15,18). The van der Waals surface area contributed by atoms with Crippen molar-refractivity contribution in [2.45, 2.75) is 37.9 Å². The van der Waals surface area contributed by atoms with Gasteiger partial charge in [-0.25, -0.2) is 4.79 Å². The number of hydrogen-bond acceptors (Lipinski definition) is 3. The van der Waals surface area contributed by atoms with Gasteiger partial charge in [0.25, 0.3) is 0 Å². The zero-order chi connectivity index (χ0) is 13.2. The maximum Gasteiger partial charge on any atom is 0.317 e. The Hall–Kier alpha value is -0.590. The van der Waals surface area contributed by atoms with Crippen LogP contribution >= 0.6 is 27.3 Å². The van der Waals surface area contributed by atoms with Gasteiger partial charge in [0.2, 0.25) is 0 Å². The fourth-order valence-electron chi connectivity index (χ4n) is 2.86. The van der Waals surface area contributed by atoms with Crippen molar-refractivity contribution in [2.75, 3.05) is 13.1 Å². The molecule has 1 aromatic heterocycles. The summed E-state index contributed by atoms with van der Waals surface area (Å²) >= 11 is 5.14. The van der Waals surface area contributed by atoms with E-state index >= 15 is 0 Å². The molecule has 2 unspecified atom stereocenters. The largest absolute Gasteiger partial charge is 0.334 e. The summed E-state index contributed by atoms with van der Waals surface area (Å²) in [4.78, 5) is 14.2. The monoisotopic (exact) mass is 343 g/mol. The molecule has 0 saturated carbocycles. The lowest BCUT2D eigenvalue weighted by atomic mass is 10.1. The molecule has 104 valence electrons. The van der Waals surface area contributed by atoms with Gasteiger partial charge in [0.15, 0.2) is 0 Å². The zero-order valence-electron chi connectivity index (χ0n) is 10.7. The molecule has 2 aliphatic heterocycles. The summed E-state index contributed by atoms with van der Waals surface area (Å²) in [6, 6.07) is 3.22. The van der Waals surface area contributed by atoms with Gasteiger partial charge in [-0.05, 0) is 52.2 Å². The van der Waals surface area contributed by atoms with Crippen LogP contribution in [0.1, 0.15) is 24.8 Å². The number of nitrogens with one attached hydrogen (secondary N) is 2. The maximum absolute atomic E-state index is 12.2. The molecular weight excluding hydrogens is 326 g/mol. The summed E-state index contributed by atoms with van der Waals surface area (Å²) in [7, 11) is 0. The topological polar surface area (TPSA) is 44.4 Å². The zero-order valence-corrected chi connectivity index (χ0v) is 13.1. The number of rotatable bonds is 2. The minimum absolute atomic E-state index is 0.0625. The van der Waals surface area contributed by atoms with Crippen LogP contribution in [0.15, 0.2) is 15.2 Å². The van der Waals surface area contributed by atoms with E-state index in [0.29, 0.717) is 18.6 Å². The Kier molecular flexibility index (Phi) is 4.10. The first-order valence-electron chi connectivity index (χ1n) is 6.73. The van der Waals surface area contributed by atoms with Crippen molar-refractivity contribution in [3.8, 4) is 0 Å². The van der Waals surface area contributed by atoms with Crippen molar-refractivity contribution < 1.29 is 4.79 Å². The number of carbonyl (C=O) groups is 1. The van der Waals surface area contributed by atoms with Gasteiger partial charge in [0, 0.05) is 31.7 Å². The molecule has 2 aliphatic rings. The second-order valence-electron chi connectivity index (χ2n) is 5.25. The number of urea groups is 1. The van der Waals surface area contributed by atoms with Crippen LogP contribution in [0, 0.1) is 0 Å². The molecule has 6 heteroatoms. The molecule has 2 N–H and O–H groups in total. The van der Waals surface area contributed by atoms with Crippen LogP contribution in [-0.2, 0) is 6.54 Å². The molecular formula is C13H18BrN3OS. The van der Waals surface area contributed by atoms with E-state index in [0.717, 1.165) is 28.9 Å². The molecule has 3 heterocycles. The second kappa shape index (κ2) is 5.81. The average Bonchev–Trinajstić information content (AvgIpc) is 2.92. The first-order chi connectivity index (χ1) is 9.22. The number of fused-ring (bicyclic) bond motifs is 2. The van der Waals surface area contributed by atoms with Gasteiger partial charge in [-0.1, -0.05) is 0 Å². The number of carbonyl (C=O) groups excluding carboxylic acids is 1. The van der Waals surface area contributed by atoms with Crippen LogP contribution in [0.3, 0.4) is 0 Å². The van der Waals surface area contributed by atoms with E-state index in [9.17, 15) is 4.79 Å². The third-order valence-electron chi connectivity index (χ3n) is 3.93. The highest BCUT2D eigenvalue weighted by Crippen LogP contribution is 2.23. The molecule has 0 aromatic carbocycles. The third kappa shape index (κ3) is 3.12. The Morgan fingerprint density at radius 3 is 3.11 bits per heavy atom. The molecule has 1 aromatic rings. The first-order valence-corrected chi connectivity index (χ1v) is 8.40. The molecule has 4 nitrogen and oxygen atoms in total. The summed E-state index contributed by atoms with van der Waals surface area (Å²) in [5.74, 6) is 0. The van der Waals surface area contributed by atoms with E-state index in [4.69, 9.17) is 0 Å². The average molecular weight is 344 g/mol. The molecule has 0 spiro atoms. The highest BCUT2D eigenvalue weighted by atomic mass is 79.9. The number of amides is 2. The summed E-state index contributed by atoms with van der Waals surface area (Å²) in [6.07, 6.45) is 3.54. The Labute approximate surface area is 125 Å². The van der Waals surface area contributed by atoms with Gasteiger partial charge in [-0.2, -0.15) is 0 Å². The highest BCUT2D eigenvalue weighted by Gasteiger charge is 2.30. The number of halogens is 1. The second-order valence-corrected chi connectivity index (χ2v) is 7.48. The lowest BCUT2D eigenvalue weighted by Crippen LogP contribution is -2.44. The van der Waals surface area contributed by atoms with Gasteiger partial charge in [-0.15, -0.1) is 11.3 Å². The summed E-state index contributed by atoms with van der Waals surface area (Å²) < 4.78 is 1.10. The van der Waals surface area contributed by atoms with Gasteiger partial charge in [0.05, 0.1) is 3.79 Å². The van der Waals surface area contributed by atoms with Gasteiger partial charge in [-0.3, -0.25) is 0 Å². The van der Waals surface area contributed by atoms with Crippen LogP contribution in [-0.4, -0.2) is 36.1 Å². The smallest absolute Gasteiger partial charge is 0.317 e. The maximum atomic E-state index is 12.2. The summed E-state index contributed by atoms with van der Waals surface area (Å²) in [5, 5.41) is 8.64. The SMILES string of the molecule is O=C(NCc1ccsc1Br)N1CCC2CCC(C1)N2. The van der Waals surface area contributed by atoms with Crippen molar-refractivity contribution >= 4 is 33.3 Å². The van der Waals surface area contributed by atoms with Crippen molar-refractivity contribution in [1.29, 1.82) is 0 Å². The molecule has 2 saturated heterocycles. The van der Waals surface area contributed by atoms with Crippen molar-refractivity contribution in [2.24, 2.45) is 0 Å². The molecule has 2 bridgehead atoms. The minimum Gasteiger partial charge on any atom is -0.334 e. The van der Waals surface area contributed by atoms with Crippen LogP contribution in [0.25, 0.3) is 0 Å². The normalized spacial score (nSPS) is 26.3. The van der Waals surface area contributed by atoms with Crippen molar-refractivity contribution in [3.63, 3.8) is 0 Å². The molecule has 3 rings (SSSR count). The molecule has 0 radical (unpaired) electrons. The molecule has 2 atom stereocenters. The number of hydrogen-bond donors (Lipinski definition) is 2. The van der Waals surface area contributed by atoms with Crippen LogP contribution in [0.4, 0.5) is 4.79 Å². The van der Waals surface area contributed by atoms with Gasteiger partial charge < -0.3 is 15.5 Å². The Bertz CT molecular complexity index is 464. The van der Waals surface area contributed by atoms with Crippen LogP contribution < -0.4 is 10.6 Å². The number of likely N-dealkylation sites (tertiary alicyclic amines) is 1. The predicted molar refractivity (Wildman–Crippen MR) is 80.4 cm³/mol. The third-order valence-corrected chi connectivity index (χ3v) is 5.75. The number of nitrogens with zero attached hydrogens (tertiary/aromatic N) is 1. The van der Waals surface area contributed by atoms with Crippen LogP contribution in [0.2, 0.25) is 0 Å². The lowest BCUT2D eigenvalue weighted by Gasteiger charge is -2.24. The fourth-order valence-corrected chi connectivity index (χ4v) is 4.10. The molecule has 2 amide bonds. The van der Waals surface area contributed by atoms with Gasteiger partial charge >= 0.3 is 6.03 Å². The lowest BCUT2D eigenvalue weighted by molar-refractivity contribution is 0.194. The van der Waals surface area contributed by atoms with E-state index in [1.165, 1.54) is 12.8 Å². The first kappa shape index (κ1) is 13.4. The van der Waals surface area contributed by atoms with E-state index in [1.807, 2.05) is 16.3 Å². The molecule has 0 aliphatic carbocycles. The van der Waals surface area contributed by atoms with E-state index in [1.54, 1.807) is 11.3 Å². The molecule has 2 fully saturated rings. The summed E-state index contributed by atoms with van der Waals surface area (Å²) in [5.41, 5.74) is 1.15. The highest BCUT2D eigenvalue weighted by molar-refractivity contribution is 9.11. The predicted octanol–water partition coefficient (Wildman–Crippen LogP) is 2.55. The molecule has 19 heavy (non-hydrogen) atoms. The fraction of sp³-hybridized carbons (Fsp3) is 0.615. The minimum atomic E-state index is 0.0625. The van der Waals surface area contributed by atoms with E-state index < -0.39 is 0 Å². The van der Waals surface area contributed by atoms with Gasteiger partial charge in [0.1, 0.15) is 0 Å². The van der Waals surface area contributed by atoms with Crippen LogP contribution in [0.5, 0.6) is 0 Å². The van der Waals surface area contributed by atoms with E-state index in [2.05, 4.69) is 26.6 Å². The van der Waals surface area contributed by atoms with Crippen molar-refractivity contribution in [1.82, 2.24) is 15.5 Å². The summed E-state index contributed by atoms with van der Waals surface area (Å²) in [6.45, 7) is 2.30. The Morgan fingerprint density at radius 1 is 1.47 bits per heavy atom. The van der Waals surface area contributed by atoms with Crippen molar-refractivity contribution in [3.05, 3.63) is 20.8 Å². The van der Waals surface area contributed by atoms with E-state index in [-0.39, 0.29) is 6.03 Å². The quantitative estimate of drug-likeness (QED) is 0.866.